The lowest BCUT2D eigenvalue weighted by Crippen LogP contribution is -2.18. The molecule has 0 amide bonds. The molecule has 0 atom stereocenters. The van der Waals surface area contributed by atoms with Crippen molar-refractivity contribution in [3.8, 4) is 22.3 Å². The van der Waals surface area contributed by atoms with Crippen LogP contribution in [-0.2, 0) is 18.3 Å². The molecule has 0 radical (unpaired) electrons. The highest BCUT2D eigenvalue weighted by atomic mass is 14.4. The molecule has 0 aliphatic heterocycles. The highest BCUT2D eigenvalue weighted by Gasteiger charge is 2.42. The molecule has 0 heteroatoms. The molecule has 0 nitrogen and oxygen atoms in total. The number of hydrogen-bond donors (Lipinski definition) is 0. The summed E-state index contributed by atoms with van der Waals surface area (Å²) in [6.07, 6.45) is 2.09. The van der Waals surface area contributed by atoms with E-state index in [1.54, 1.807) is 5.57 Å². The SMILES string of the molecule is CC(C)C1=C(c2cccc3c2Cc2ccccc2-3)C(C)(C)c2cc3c(cc21)-c1ccccc1C3. The van der Waals surface area contributed by atoms with E-state index in [1.807, 2.05) is 0 Å². The van der Waals surface area contributed by atoms with Crippen LogP contribution in [0.1, 0.15) is 66.6 Å². The van der Waals surface area contributed by atoms with E-state index < -0.39 is 0 Å². The van der Waals surface area contributed by atoms with Crippen molar-refractivity contribution < 1.29 is 0 Å². The Morgan fingerprint density at radius 1 is 0.588 bits per heavy atom. The van der Waals surface area contributed by atoms with Gasteiger partial charge in [0.15, 0.2) is 0 Å². The van der Waals surface area contributed by atoms with Gasteiger partial charge < -0.3 is 0 Å². The summed E-state index contributed by atoms with van der Waals surface area (Å²) in [5, 5.41) is 0. The molecular weight excluding hydrogens is 408 g/mol. The minimum absolute atomic E-state index is 0.0252. The van der Waals surface area contributed by atoms with Gasteiger partial charge in [0.05, 0.1) is 0 Å². The summed E-state index contributed by atoms with van der Waals surface area (Å²) in [5.74, 6) is 0.463. The Bertz CT molecular complexity index is 1540. The lowest BCUT2D eigenvalue weighted by atomic mass is 9.75. The summed E-state index contributed by atoms with van der Waals surface area (Å²) in [7, 11) is 0. The second-order valence-corrected chi connectivity index (χ2v) is 11.1. The Morgan fingerprint density at radius 3 is 1.94 bits per heavy atom. The number of rotatable bonds is 2. The van der Waals surface area contributed by atoms with Gasteiger partial charge in [-0.25, -0.2) is 0 Å². The summed E-state index contributed by atoms with van der Waals surface area (Å²) < 4.78 is 0. The third kappa shape index (κ3) is 2.55. The van der Waals surface area contributed by atoms with Crippen molar-refractivity contribution in [2.45, 2.75) is 46.0 Å². The smallest absolute Gasteiger partial charge is 0.0161 e. The van der Waals surface area contributed by atoms with Gasteiger partial charge in [-0.15, -0.1) is 0 Å². The van der Waals surface area contributed by atoms with Gasteiger partial charge in [0.25, 0.3) is 0 Å². The van der Waals surface area contributed by atoms with Crippen molar-refractivity contribution in [1.82, 2.24) is 0 Å². The van der Waals surface area contributed by atoms with Crippen molar-refractivity contribution in [2.24, 2.45) is 5.92 Å². The van der Waals surface area contributed by atoms with Crippen LogP contribution in [0.4, 0.5) is 0 Å². The van der Waals surface area contributed by atoms with E-state index in [2.05, 4.69) is 107 Å². The van der Waals surface area contributed by atoms with Gasteiger partial charge >= 0.3 is 0 Å². The lowest BCUT2D eigenvalue weighted by Gasteiger charge is -2.28. The molecule has 0 saturated heterocycles. The zero-order valence-electron chi connectivity index (χ0n) is 20.5. The van der Waals surface area contributed by atoms with E-state index in [0.29, 0.717) is 5.92 Å². The molecular formula is C34H30. The standard InChI is InChI=1S/C34H30/c1-20(2)32-30-19-28-23(16-21-10-5-8-13-25(21)28)18-31(30)34(3,4)33(32)27-15-9-14-26-24-12-7-6-11-22(24)17-29(26)27/h5-15,18-20H,16-17H2,1-4H3. The highest BCUT2D eigenvalue weighted by Crippen LogP contribution is 2.57. The van der Waals surface area contributed by atoms with Crippen molar-refractivity contribution in [3.05, 3.63) is 118 Å². The molecule has 7 rings (SSSR count). The molecule has 0 fully saturated rings. The molecule has 3 aliphatic rings. The fourth-order valence-electron chi connectivity index (χ4n) is 7.00. The topological polar surface area (TPSA) is 0 Å². The van der Waals surface area contributed by atoms with Crippen molar-refractivity contribution >= 4 is 11.1 Å². The monoisotopic (exact) mass is 438 g/mol. The van der Waals surface area contributed by atoms with Crippen LogP contribution in [0.2, 0.25) is 0 Å². The van der Waals surface area contributed by atoms with Gasteiger partial charge in [-0.1, -0.05) is 100 Å². The summed E-state index contributed by atoms with van der Waals surface area (Å²) in [4.78, 5) is 0. The van der Waals surface area contributed by atoms with E-state index in [4.69, 9.17) is 0 Å². The van der Waals surface area contributed by atoms with Crippen LogP contribution in [-0.4, -0.2) is 0 Å². The molecule has 0 bridgehead atoms. The fourth-order valence-corrected chi connectivity index (χ4v) is 7.00. The van der Waals surface area contributed by atoms with E-state index in [9.17, 15) is 0 Å². The summed E-state index contributed by atoms with van der Waals surface area (Å²) in [5.41, 5.74) is 19.1. The summed E-state index contributed by atoms with van der Waals surface area (Å²) in [6.45, 7) is 9.65. The maximum atomic E-state index is 2.54. The van der Waals surface area contributed by atoms with Crippen LogP contribution in [0.5, 0.6) is 0 Å². The van der Waals surface area contributed by atoms with Gasteiger partial charge in [-0.05, 0) is 97.2 Å². The maximum Gasteiger partial charge on any atom is 0.0161 e. The lowest BCUT2D eigenvalue weighted by molar-refractivity contribution is 0.701. The van der Waals surface area contributed by atoms with Crippen LogP contribution in [0.25, 0.3) is 33.4 Å². The van der Waals surface area contributed by atoms with Crippen molar-refractivity contribution in [2.75, 3.05) is 0 Å². The second-order valence-electron chi connectivity index (χ2n) is 11.1. The van der Waals surface area contributed by atoms with Crippen LogP contribution < -0.4 is 0 Å². The second kappa shape index (κ2) is 6.83. The van der Waals surface area contributed by atoms with E-state index >= 15 is 0 Å². The number of benzene rings is 4. The Balaban J connectivity index is 1.48. The number of allylic oxidation sites excluding steroid dienone is 2. The first kappa shape index (κ1) is 20.0. The molecule has 3 aliphatic carbocycles. The van der Waals surface area contributed by atoms with Crippen molar-refractivity contribution in [3.63, 3.8) is 0 Å². The van der Waals surface area contributed by atoms with Crippen LogP contribution >= 0.6 is 0 Å². The quantitative estimate of drug-likeness (QED) is 0.254. The molecule has 4 aromatic rings. The van der Waals surface area contributed by atoms with Gasteiger partial charge in [-0.3, -0.25) is 0 Å². The van der Waals surface area contributed by atoms with Gasteiger partial charge in [0.2, 0.25) is 0 Å². The fraction of sp³-hybridized carbons (Fsp3) is 0.235. The molecule has 0 heterocycles. The predicted octanol–water partition coefficient (Wildman–Crippen LogP) is 8.69. The van der Waals surface area contributed by atoms with Gasteiger partial charge in [0, 0.05) is 5.41 Å². The summed E-state index contributed by atoms with van der Waals surface area (Å²) >= 11 is 0. The highest BCUT2D eigenvalue weighted by molar-refractivity contribution is 6.05. The maximum absolute atomic E-state index is 2.54. The number of hydrogen-bond acceptors (Lipinski definition) is 0. The first-order valence-electron chi connectivity index (χ1n) is 12.7. The van der Waals surface area contributed by atoms with E-state index in [-0.39, 0.29) is 5.41 Å². The normalized spacial score (nSPS) is 16.4. The third-order valence-electron chi connectivity index (χ3n) is 8.49. The van der Waals surface area contributed by atoms with E-state index in [0.717, 1.165) is 12.8 Å². The number of fused-ring (bicyclic) bond motifs is 7. The first-order chi connectivity index (χ1) is 16.4. The molecule has 4 aromatic carbocycles. The van der Waals surface area contributed by atoms with Crippen LogP contribution in [0.3, 0.4) is 0 Å². The molecule has 0 spiro atoms. The van der Waals surface area contributed by atoms with Crippen LogP contribution in [0.15, 0.2) is 78.9 Å². The first-order valence-corrected chi connectivity index (χ1v) is 12.7. The predicted molar refractivity (Wildman–Crippen MR) is 144 cm³/mol. The molecule has 0 unspecified atom stereocenters. The van der Waals surface area contributed by atoms with Gasteiger partial charge in [-0.2, -0.15) is 0 Å². The van der Waals surface area contributed by atoms with E-state index in [1.165, 1.54) is 66.8 Å². The zero-order chi connectivity index (χ0) is 23.2. The Hall–Kier alpha value is -3.38. The average molecular weight is 439 g/mol. The molecule has 0 saturated carbocycles. The Labute approximate surface area is 203 Å². The zero-order valence-corrected chi connectivity index (χ0v) is 20.5. The minimum Gasteiger partial charge on any atom is -0.0619 e. The largest absolute Gasteiger partial charge is 0.0619 e. The minimum atomic E-state index is -0.0252. The summed E-state index contributed by atoms with van der Waals surface area (Å²) in [6, 6.07) is 29.9. The Kier molecular flexibility index (Phi) is 4.02. The average Bonchev–Trinajstić information content (AvgIpc) is 3.45. The molecule has 34 heavy (non-hydrogen) atoms. The van der Waals surface area contributed by atoms with Gasteiger partial charge in [0.1, 0.15) is 0 Å². The van der Waals surface area contributed by atoms with Crippen LogP contribution in [0, 0.1) is 5.92 Å². The molecule has 166 valence electrons. The Morgan fingerprint density at radius 2 is 1.21 bits per heavy atom. The third-order valence-corrected chi connectivity index (χ3v) is 8.49. The molecule has 0 aromatic heterocycles. The molecule has 0 N–H and O–H groups in total. The van der Waals surface area contributed by atoms with Crippen molar-refractivity contribution in [1.29, 1.82) is 0 Å².